The van der Waals surface area contributed by atoms with Crippen molar-refractivity contribution in [1.29, 1.82) is 0 Å². The molecular formula is C38H40N2O2. The number of pyridine rings is 1. The topological polar surface area (TPSA) is 34.6 Å². The third-order valence-electron chi connectivity index (χ3n) is 7.39. The zero-order valence-electron chi connectivity index (χ0n) is 24.9. The standard InChI is InChI=1S/C38H40N2O2/c1-4-6-25-41-37-19-13-11-17-33(37)35-27-30(28-36(39-35)34-18-12-14-20-38(34)42-26-7-5-2)29-21-23-32(24-22-29)40(3)31-15-9-8-10-16-31/h8-24,27-28H,4-7,25-26H2,1-3H3. The Morgan fingerprint density at radius 1 is 0.548 bits per heavy atom. The molecular weight excluding hydrogens is 516 g/mol. The van der Waals surface area contributed by atoms with E-state index in [1.807, 2.05) is 42.5 Å². The number of para-hydroxylation sites is 3. The van der Waals surface area contributed by atoms with E-state index in [1.165, 1.54) is 0 Å². The number of hydrogen-bond acceptors (Lipinski definition) is 4. The first-order valence-corrected chi connectivity index (χ1v) is 15.0. The molecule has 0 aliphatic heterocycles. The molecule has 0 fully saturated rings. The molecule has 42 heavy (non-hydrogen) atoms. The summed E-state index contributed by atoms with van der Waals surface area (Å²) in [6.07, 6.45) is 4.20. The van der Waals surface area contributed by atoms with Crippen LogP contribution < -0.4 is 14.4 Å². The van der Waals surface area contributed by atoms with Crippen LogP contribution >= 0.6 is 0 Å². The van der Waals surface area contributed by atoms with Crippen molar-refractivity contribution in [2.45, 2.75) is 39.5 Å². The molecule has 0 saturated carbocycles. The van der Waals surface area contributed by atoms with Gasteiger partial charge in [-0.1, -0.05) is 81.3 Å². The maximum atomic E-state index is 6.23. The van der Waals surface area contributed by atoms with Gasteiger partial charge in [-0.05, 0) is 84.6 Å². The van der Waals surface area contributed by atoms with E-state index in [2.05, 4.69) is 98.6 Å². The molecule has 4 heteroatoms. The Kier molecular flexibility index (Phi) is 9.90. The Morgan fingerprint density at radius 2 is 1.02 bits per heavy atom. The summed E-state index contributed by atoms with van der Waals surface area (Å²) in [5, 5.41) is 0. The lowest BCUT2D eigenvalue weighted by Gasteiger charge is -2.20. The number of rotatable bonds is 13. The van der Waals surface area contributed by atoms with E-state index in [0.29, 0.717) is 13.2 Å². The van der Waals surface area contributed by atoms with Gasteiger partial charge in [-0.3, -0.25) is 0 Å². The third kappa shape index (κ3) is 7.01. The Balaban J connectivity index is 1.57. The molecule has 5 aromatic rings. The van der Waals surface area contributed by atoms with Crippen LogP contribution in [0.5, 0.6) is 11.5 Å². The zero-order chi connectivity index (χ0) is 29.1. The van der Waals surface area contributed by atoms with Crippen molar-refractivity contribution in [3.8, 4) is 45.1 Å². The number of nitrogens with zero attached hydrogens (tertiary/aromatic N) is 2. The van der Waals surface area contributed by atoms with Gasteiger partial charge in [0, 0.05) is 29.5 Å². The highest BCUT2D eigenvalue weighted by molar-refractivity contribution is 5.81. The number of ether oxygens (including phenoxy) is 2. The quantitative estimate of drug-likeness (QED) is 0.135. The van der Waals surface area contributed by atoms with E-state index in [9.17, 15) is 0 Å². The van der Waals surface area contributed by atoms with Crippen molar-refractivity contribution in [3.63, 3.8) is 0 Å². The van der Waals surface area contributed by atoms with Gasteiger partial charge >= 0.3 is 0 Å². The van der Waals surface area contributed by atoms with Gasteiger partial charge in [0.05, 0.1) is 24.6 Å². The summed E-state index contributed by atoms with van der Waals surface area (Å²) < 4.78 is 12.5. The minimum atomic E-state index is 0.685. The monoisotopic (exact) mass is 556 g/mol. The normalized spacial score (nSPS) is 10.8. The van der Waals surface area contributed by atoms with Gasteiger partial charge in [-0.2, -0.15) is 0 Å². The lowest BCUT2D eigenvalue weighted by molar-refractivity contribution is 0.310. The highest BCUT2D eigenvalue weighted by atomic mass is 16.5. The second kappa shape index (κ2) is 14.4. The minimum Gasteiger partial charge on any atom is -0.493 e. The number of aromatic nitrogens is 1. The van der Waals surface area contributed by atoms with E-state index < -0.39 is 0 Å². The van der Waals surface area contributed by atoms with E-state index in [1.54, 1.807) is 0 Å². The predicted octanol–water partition coefficient (Wildman–Crippen LogP) is 10.2. The van der Waals surface area contributed by atoms with Gasteiger partial charge in [0.2, 0.25) is 0 Å². The molecule has 0 aliphatic rings. The Morgan fingerprint density at radius 3 is 1.55 bits per heavy atom. The summed E-state index contributed by atoms with van der Waals surface area (Å²) in [5.74, 6) is 1.71. The van der Waals surface area contributed by atoms with Crippen LogP contribution in [0.1, 0.15) is 39.5 Å². The van der Waals surface area contributed by atoms with Crippen LogP contribution in [0, 0.1) is 0 Å². The van der Waals surface area contributed by atoms with E-state index >= 15 is 0 Å². The Bertz CT molecular complexity index is 1490. The Labute approximate surface area is 250 Å². The van der Waals surface area contributed by atoms with Gasteiger partial charge in [0.15, 0.2) is 0 Å². The summed E-state index contributed by atoms with van der Waals surface area (Å²) >= 11 is 0. The van der Waals surface area contributed by atoms with Crippen LogP contribution in [0.2, 0.25) is 0 Å². The summed E-state index contributed by atoms with van der Waals surface area (Å²) in [7, 11) is 2.10. The molecule has 0 radical (unpaired) electrons. The lowest BCUT2D eigenvalue weighted by Crippen LogP contribution is -2.08. The third-order valence-corrected chi connectivity index (χ3v) is 7.39. The number of benzene rings is 4. The average molecular weight is 557 g/mol. The van der Waals surface area contributed by atoms with Crippen LogP contribution in [-0.4, -0.2) is 25.2 Å². The minimum absolute atomic E-state index is 0.685. The van der Waals surface area contributed by atoms with Crippen molar-refractivity contribution in [1.82, 2.24) is 4.98 Å². The maximum absolute atomic E-state index is 6.23. The molecule has 0 bridgehead atoms. The van der Waals surface area contributed by atoms with E-state index in [0.717, 1.165) is 82.2 Å². The molecule has 0 aliphatic carbocycles. The first-order valence-electron chi connectivity index (χ1n) is 15.0. The molecule has 5 rings (SSSR count). The molecule has 1 heterocycles. The Hall–Kier alpha value is -4.57. The average Bonchev–Trinajstić information content (AvgIpc) is 3.05. The van der Waals surface area contributed by atoms with E-state index in [-0.39, 0.29) is 0 Å². The first-order chi connectivity index (χ1) is 20.7. The fraction of sp³-hybridized carbons (Fsp3) is 0.237. The van der Waals surface area contributed by atoms with Gasteiger partial charge in [-0.25, -0.2) is 4.98 Å². The van der Waals surface area contributed by atoms with Crippen molar-refractivity contribution in [2.75, 3.05) is 25.2 Å². The molecule has 4 nitrogen and oxygen atoms in total. The number of unbranched alkanes of at least 4 members (excludes halogenated alkanes) is 2. The largest absolute Gasteiger partial charge is 0.493 e. The molecule has 0 amide bonds. The lowest BCUT2D eigenvalue weighted by atomic mass is 9.99. The molecule has 0 unspecified atom stereocenters. The smallest absolute Gasteiger partial charge is 0.128 e. The molecule has 1 aromatic heterocycles. The van der Waals surface area contributed by atoms with Crippen LogP contribution in [0.25, 0.3) is 33.6 Å². The van der Waals surface area contributed by atoms with Gasteiger partial charge in [0.1, 0.15) is 11.5 Å². The molecule has 214 valence electrons. The predicted molar refractivity (Wildman–Crippen MR) is 176 cm³/mol. The number of anilines is 2. The van der Waals surface area contributed by atoms with Gasteiger partial charge in [-0.15, -0.1) is 0 Å². The van der Waals surface area contributed by atoms with Crippen molar-refractivity contribution >= 4 is 11.4 Å². The van der Waals surface area contributed by atoms with E-state index in [4.69, 9.17) is 14.5 Å². The molecule has 0 saturated heterocycles. The second-order valence-corrected chi connectivity index (χ2v) is 10.5. The van der Waals surface area contributed by atoms with Crippen molar-refractivity contribution in [2.24, 2.45) is 0 Å². The summed E-state index contributed by atoms with van der Waals surface area (Å²) in [4.78, 5) is 7.39. The zero-order valence-corrected chi connectivity index (χ0v) is 24.9. The van der Waals surface area contributed by atoms with Crippen molar-refractivity contribution < 1.29 is 9.47 Å². The second-order valence-electron chi connectivity index (χ2n) is 10.5. The summed E-state index contributed by atoms with van der Waals surface area (Å²) in [5.41, 5.74) is 8.23. The fourth-order valence-electron chi connectivity index (χ4n) is 4.91. The van der Waals surface area contributed by atoms with Crippen LogP contribution in [0.3, 0.4) is 0 Å². The van der Waals surface area contributed by atoms with Gasteiger partial charge in [0.25, 0.3) is 0 Å². The maximum Gasteiger partial charge on any atom is 0.128 e. The molecule has 0 atom stereocenters. The first kappa shape index (κ1) is 28.9. The van der Waals surface area contributed by atoms with Gasteiger partial charge < -0.3 is 14.4 Å². The summed E-state index contributed by atoms with van der Waals surface area (Å²) in [6.45, 7) is 5.72. The van der Waals surface area contributed by atoms with Crippen LogP contribution in [0.4, 0.5) is 11.4 Å². The highest BCUT2D eigenvalue weighted by Gasteiger charge is 2.15. The van der Waals surface area contributed by atoms with Crippen LogP contribution in [0.15, 0.2) is 115 Å². The molecule has 4 aromatic carbocycles. The molecule has 0 N–H and O–H groups in total. The van der Waals surface area contributed by atoms with Crippen LogP contribution in [-0.2, 0) is 0 Å². The van der Waals surface area contributed by atoms with Crippen molar-refractivity contribution in [3.05, 3.63) is 115 Å². The fourth-order valence-corrected chi connectivity index (χ4v) is 4.91. The SMILES string of the molecule is CCCCOc1ccccc1-c1cc(-c2ccc(N(C)c3ccccc3)cc2)cc(-c2ccccc2OCCCC)n1. The molecule has 0 spiro atoms. The highest BCUT2D eigenvalue weighted by Crippen LogP contribution is 2.37. The summed E-state index contributed by atoms with van der Waals surface area (Å²) in [6, 6.07) is 39.9. The number of hydrogen-bond donors (Lipinski definition) is 0.